The van der Waals surface area contributed by atoms with Crippen LogP contribution >= 0.6 is 24.0 Å². The molecule has 2 aliphatic rings. The predicted octanol–water partition coefficient (Wildman–Crippen LogP) is 3.01. The van der Waals surface area contributed by atoms with Crippen LogP contribution in [0.15, 0.2) is 18.2 Å². The summed E-state index contributed by atoms with van der Waals surface area (Å²) in [5.41, 5.74) is 1.90. The zero-order valence-electron chi connectivity index (χ0n) is 15.0. The van der Waals surface area contributed by atoms with Gasteiger partial charge in [0.05, 0.1) is 16.4 Å². The van der Waals surface area contributed by atoms with Crippen molar-refractivity contribution in [2.45, 2.75) is 26.2 Å². The van der Waals surface area contributed by atoms with Crippen LogP contribution in [0.3, 0.4) is 0 Å². The minimum atomic E-state index is -0.492. The summed E-state index contributed by atoms with van der Waals surface area (Å²) >= 11 is 5.85. The molecule has 0 radical (unpaired) electrons. The van der Waals surface area contributed by atoms with Gasteiger partial charge in [0.25, 0.3) is 5.91 Å². The maximum Gasteiger partial charge on any atom is 0.276 e. The number of nitrogens with one attached hydrogen (secondary N) is 1. The molecule has 0 bridgehead atoms. The molecule has 0 unspecified atom stereocenters. The topological polar surface area (TPSA) is 63.1 Å². The molecule has 2 fully saturated rings. The second-order valence-corrected chi connectivity index (χ2v) is 7.66. The summed E-state index contributed by atoms with van der Waals surface area (Å²) in [4.78, 5) is 14.8. The third kappa shape index (κ3) is 3.68. The van der Waals surface area contributed by atoms with Gasteiger partial charge >= 0.3 is 0 Å². The van der Waals surface area contributed by atoms with E-state index in [0.29, 0.717) is 22.5 Å². The summed E-state index contributed by atoms with van der Waals surface area (Å²) in [6, 6.07) is 4.32. The molecule has 1 aromatic carbocycles. The molecule has 3 heterocycles. The van der Waals surface area contributed by atoms with Gasteiger partial charge in [-0.1, -0.05) is 16.8 Å². The molecule has 0 atom stereocenters. The van der Waals surface area contributed by atoms with Crippen molar-refractivity contribution in [3.8, 4) is 5.69 Å². The van der Waals surface area contributed by atoms with Gasteiger partial charge in [0.15, 0.2) is 5.69 Å². The fourth-order valence-electron chi connectivity index (χ4n) is 3.94. The summed E-state index contributed by atoms with van der Waals surface area (Å²) in [5.74, 6) is -0.587. The lowest BCUT2D eigenvalue weighted by molar-refractivity contribution is 0.0601. The average molecular weight is 414 g/mol. The van der Waals surface area contributed by atoms with Gasteiger partial charge < -0.3 is 10.2 Å². The van der Waals surface area contributed by atoms with Gasteiger partial charge in [-0.25, -0.2) is 9.07 Å². The van der Waals surface area contributed by atoms with Crippen molar-refractivity contribution in [3.05, 3.63) is 40.4 Å². The number of likely N-dealkylation sites (tertiary alicyclic amines) is 1. The molecular formula is C18H22Cl2FN5O. The first-order valence-electron chi connectivity index (χ1n) is 8.87. The number of hydrogen-bond donors (Lipinski definition) is 1. The van der Waals surface area contributed by atoms with Gasteiger partial charge in [0, 0.05) is 19.6 Å². The lowest BCUT2D eigenvalue weighted by Crippen LogP contribution is -2.44. The second-order valence-electron chi connectivity index (χ2n) is 7.25. The van der Waals surface area contributed by atoms with Crippen molar-refractivity contribution in [3.63, 3.8) is 0 Å². The number of halogens is 3. The largest absolute Gasteiger partial charge is 0.337 e. The summed E-state index contributed by atoms with van der Waals surface area (Å²) in [7, 11) is 0. The number of carbonyl (C=O) groups is 1. The molecule has 6 nitrogen and oxygen atoms in total. The molecule has 27 heavy (non-hydrogen) atoms. The van der Waals surface area contributed by atoms with Crippen molar-refractivity contribution in [1.29, 1.82) is 0 Å². The van der Waals surface area contributed by atoms with E-state index in [-0.39, 0.29) is 23.3 Å². The Kier molecular flexibility index (Phi) is 5.74. The fraction of sp³-hybridized carbons (Fsp3) is 0.500. The van der Waals surface area contributed by atoms with Gasteiger partial charge in [-0.05, 0) is 56.3 Å². The first kappa shape index (κ1) is 20.0. The third-order valence-electron chi connectivity index (χ3n) is 5.69. The Bertz CT molecular complexity index is 840. The summed E-state index contributed by atoms with van der Waals surface area (Å²) < 4.78 is 14.9. The van der Waals surface area contributed by atoms with Gasteiger partial charge in [-0.3, -0.25) is 4.79 Å². The summed E-state index contributed by atoms with van der Waals surface area (Å²) in [5, 5.41) is 11.6. The summed E-state index contributed by atoms with van der Waals surface area (Å²) in [6.45, 7) is 5.40. The molecule has 1 aromatic heterocycles. The lowest BCUT2D eigenvalue weighted by Gasteiger charge is -2.38. The average Bonchev–Trinajstić information content (AvgIpc) is 3.25. The first-order valence-corrected chi connectivity index (χ1v) is 9.25. The molecule has 2 aliphatic heterocycles. The highest BCUT2D eigenvalue weighted by molar-refractivity contribution is 6.30. The standard InChI is InChI=1S/C18H21ClFN5O.ClH/c1-12-16(22-23-25(12)13-2-3-15(20)14(19)10-13)17(26)24-8-5-18(6-9-24)4-7-21-11-18;/h2-3,10,21H,4-9,11H2,1H3;1H. The summed E-state index contributed by atoms with van der Waals surface area (Å²) in [6.07, 6.45) is 3.23. The molecule has 4 rings (SSSR count). The Morgan fingerprint density at radius 1 is 1.30 bits per heavy atom. The number of nitrogens with zero attached hydrogens (tertiary/aromatic N) is 4. The normalized spacial score (nSPS) is 18.6. The van der Waals surface area contributed by atoms with E-state index < -0.39 is 5.82 Å². The molecule has 2 saturated heterocycles. The zero-order valence-corrected chi connectivity index (χ0v) is 16.6. The fourth-order valence-corrected chi connectivity index (χ4v) is 4.12. The number of benzene rings is 1. The molecule has 9 heteroatoms. The van der Waals surface area contributed by atoms with Gasteiger partial charge in [-0.15, -0.1) is 17.5 Å². The van der Waals surface area contributed by atoms with Crippen LogP contribution in [0.4, 0.5) is 4.39 Å². The molecule has 1 spiro atoms. The van der Waals surface area contributed by atoms with Crippen molar-refractivity contribution < 1.29 is 9.18 Å². The van der Waals surface area contributed by atoms with Crippen LogP contribution in [0.1, 0.15) is 35.4 Å². The Morgan fingerprint density at radius 2 is 2.04 bits per heavy atom. The molecule has 1 N–H and O–H groups in total. The maximum atomic E-state index is 13.4. The molecule has 0 saturated carbocycles. The van der Waals surface area contributed by atoms with Crippen LogP contribution in [-0.2, 0) is 0 Å². The quantitative estimate of drug-likeness (QED) is 0.821. The van der Waals surface area contributed by atoms with Crippen LogP contribution in [-0.4, -0.2) is 52.0 Å². The number of hydrogen-bond acceptors (Lipinski definition) is 4. The molecule has 2 aromatic rings. The van der Waals surface area contributed by atoms with Gasteiger partial charge in [0.2, 0.25) is 0 Å². The Hall–Kier alpha value is -1.70. The Labute approximate surface area is 168 Å². The maximum absolute atomic E-state index is 13.4. The minimum Gasteiger partial charge on any atom is -0.337 e. The van der Waals surface area contributed by atoms with E-state index in [2.05, 4.69) is 15.6 Å². The van der Waals surface area contributed by atoms with E-state index >= 15 is 0 Å². The Morgan fingerprint density at radius 3 is 2.67 bits per heavy atom. The highest BCUT2D eigenvalue weighted by Crippen LogP contribution is 2.37. The van der Waals surface area contributed by atoms with E-state index in [1.807, 2.05) is 4.90 Å². The van der Waals surface area contributed by atoms with E-state index in [9.17, 15) is 9.18 Å². The number of rotatable bonds is 2. The van der Waals surface area contributed by atoms with Crippen molar-refractivity contribution in [2.24, 2.45) is 5.41 Å². The smallest absolute Gasteiger partial charge is 0.276 e. The first-order chi connectivity index (χ1) is 12.5. The highest BCUT2D eigenvalue weighted by atomic mass is 35.5. The van der Waals surface area contributed by atoms with Gasteiger partial charge in [0.1, 0.15) is 5.82 Å². The molecule has 1 amide bonds. The number of piperidine rings is 1. The lowest BCUT2D eigenvalue weighted by atomic mass is 9.78. The van der Waals surface area contributed by atoms with Crippen LogP contribution in [0.5, 0.6) is 0 Å². The second kappa shape index (κ2) is 7.73. The number of aromatic nitrogens is 3. The third-order valence-corrected chi connectivity index (χ3v) is 5.98. The molecular weight excluding hydrogens is 392 g/mol. The van der Waals surface area contributed by atoms with Crippen molar-refractivity contribution in [2.75, 3.05) is 26.2 Å². The van der Waals surface area contributed by atoms with E-state index in [4.69, 9.17) is 11.6 Å². The van der Waals surface area contributed by atoms with Crippen LogP contribution in [0, 0.1) is 18.2 Å². The minimum absolute atomic E-state index is 0. The van der Waals surface area contributed by atoms with Crippen LogP contribution < -0.4 is 5.32 Å². The van der Waals surface area contributed by atoms with E-state index in [1.165, 1.54) is 23.2 Å². The van der Waals surface area contributed by atoms with Gasteiger partial charge in [-0.2, -0.15) is 0 Å². The van der Waals surface area contributed by atoms with Crippen molar-refractivity contribution in [1.82, 2.24) is 25.2 Å². The van der Waals surface area contributed by atoms with E-state index in [0.717, 1.165) is 39.0 Å². The highest BCUT2D eigenvalue weighted by Gasteiger charge is 2.38. The predicted molar refractivity (Wildman–Crippen MR) is 103 cm³/mol. The zero-order chi connectivity index (χ0) is 18.3. The number of amides is 1. The molecule has 0 aliphatic carbocycles. The molecule has 146 valence electrons. The van der Waals surface area contributed by atoms with Crippen molar-refractivity contribution >= 4 is 29.9 Å². The van der Waals surface area contributed by atoms with Crippen LogP contribution in [0.25, 0.3) is 5.69 Å². The SMILES string of the molecule is Cc1c(C(=O)N2CCC3(CCNC3)CC2)nnn1-c1ccc(F)c(Cl)c1.Cl. The van der Waals surface area contributed by atoms with Crippen LogP contribution in [0.2, 0.25) is 5.02 Å². The number of carbonyl (C=O) groups excluding carboxylic acids is 1. The monoisotopic (exact) mass is 413 g/mol. The van der Waals surface area contributed by atoms with E-state index in [1.54, 1.807) is 13.0 Å². The Balaban J connectivity index is 0.00000210.